The van der Waals surface area contributed by atoms with Crippen molar-refractivity contribution in [3.05, 3.63) is 71.3 Å². The Morgan fingerprint density at radius 2 is 1.89 bits per heavy atom. The van der Waals surface area contributed by atoms with Crippen LogP contribution in [0, 0.1) is 0 Å². The standard InChI is InChI=1S/C17H16O/c1-2-6-14(7-3-1)13-18-17-11-10-15-8-4-5-9-16(15)12-17/h1-3,5-7,9-12H,4,8,13H2. The quantitative estimate of drug-likeness (QED) is 0.775. The Morgan fingerprint density at radius 1 is 1.00 bits per heavy atom. The van der Waals surface area contributed by atoms with Gasteiger partial charge in [-0.3, -0.25) is 0 Å². The molecule has 0 heterocycles. The third-order valence-electron chi connectivity index (χ3n) is 3.24. The van der Waals surface area contributed by atoms with E-state index in [9.17, 15) is 0 Å². The van der Waals surface area contributed by atoms with Crippen LogP contribution in [0.5, 0.6) is 5.75 Å². The van der Waals surface area contributed by atoms with E-state index in [1.807, 2.05) is 18.2 Å². The van der Waals surface area contributed by atoms with Gasteiger partial charge in [-0.1, -0.05) is 48.6 Å². The van der Waals surface area contributed by atoms with Gasteiger partial charge in [-0.25, -0.2) is 0 Å². The molecule has 0 unspecified atom stereocenters. The summed E-state index contributed by atoms with van der Waals surface area (Å²) in [6, 6.07) is 16.6. The number of allylic oxidation sites excluding steroid dienone is 1. The maximum absolute atomic E-state index is 5.82. The van der Waals surface area contributed by atoms with E-state index < -0.39 is 0 Å². The Labute approximate surface area is 108 Å². The summed E-state index contributed by atoms with van der Waals surface area (Å²) in [5.74, 6) is 0.948. The van der Waals surface area contributed by atoms with Gasteiger partial charge in [0.05, 0.1) is 0 Å². The Hall–Kier alpha value is -2.02. The van der Waals surface area contributed by atoms with Crippen molar-refractivity contribution >= 4 is 6.08 Å². The van der Waals surface area contributed by atoms with E-state index in [0.29, 0.717) is 6.61 Å². The molecule has 0 aliphatic heterocycles. The summed E-state index contributed by atoms with van der Waals surface area (Å²) < 4.78 is 5.82. The molecule has 1 heteroatoms. The second-order valence-electron chi connectivity index (χ2n) is 4.58. The van der Waals surface area contributed by atoms with Crippen molar-refractivity contribution in [2.24, 2.45) is 0 Å². The fourth-order valence-corrected chi connectivity index (χ4v) is 2.24. The van der Waals surface area contributed by atoms with E-state index >= 15 is 0 Å². The average molecular weight is 236 g/mol. The summed E-state index contributed by atoms with van der Waals surface area (Å²) in [6.07, 6.45) is 6.71. The first-order valence-electron chi connectivity index (χ1n) is 6.38. The maximum atomic E-state index is 5.82. The zero-order valence-corrected chi connectivity index (χ0v) is 10.3. The number of rotatable bonds is 3. The van der Waals surface area contributed by atoms with Gasteiger partial charge >= 0.3 is 0 Å². The highest BCUT2D eigenvalue weighted by Crippen LogP contribution is 2.24. The van der Waals surface area contributed by atoms with Gasteiger partial charge in [0, 0.05) is 0 Å². The Balaban J connectivity index is 1.72. The summed E-state index contributed by atoms with van der Waals surface area (Å²) in [5, 5.41) is 0. The van der Waals surface area contributed by atoms with E-state index in [-0.39, 0.29) is 0 Å². The van der Waals surface area contributed by atoms with E-state index in [0.717, 1.165) is 18.6 Å². The molecule has 18 heavy (non-hydrogen) atoms. The molecule has 0 saturated carbocycles. The van der Waals surface area contributed by atoms with Crippen LogP contribution in [0.15, 0.2) is 54.6 Å². The minimum absolute atomic E-state index is 0.628. The predicted molar refractivity (Wildman–Crippen MR) is 74.6 cm³/mol. The SMILES string of the molecule is C1=Cc2cc(OCc3ccccc3)ccc2CC1. The van der Waals surface area contributed by atoms with Gasteiger partial charge in [-0.2, -0.15) is 0 Å². The van der Waals surface area contributed by atoms with Crippen LogP contribution in [0.4, 0.5) is 0 Å². The highest BCUT2D eigenvalue weighted by molar-refractivity contribution is 5.58. The highest BCUT2D eigenvalue weighted by Gasteiger charge is 2.05. The third-order valence-corrected chi connectivity index (χ3v) is 3.24. The van der Waals surface area contributed by atoms with Crippen molar-refractivity contribution in [2.45, 2.75) is 19.4 Å². The molecule has 90 valence electrons. The van der Waals surface area contributed by atoms with Crippen LogP contribution in [0.1, 0.15) is 23.1 Å². The molecule has 0 amide bonds. The summed E-state index contributed by atoms with van der Waals surface area (Å²) >= 11 is 0. The topological polar surface area (TPSA) is 9.23 Å². The Kier molecular flexibility index (Phi) is 3.14. The van der Waals surface area contributed by atoms with Crippen molar-refractivity contribution in [1.82, 2.24) is 0 Å². The van der Waals surface area contributed by atoms with E-state index in [2.05, 4.69) is 42.5 Å². The van der Waals surface area contributed by atoms with Crippen LogP contribution >= 0.6 is 0 Å². The summed E-state index contributed by atoms with van der Waals surface area (Å²) in [6.45, 7) is 0.628. The molecule has 1 aliphatic rings. The molecule has 0 saturated heterocycles. The second kappa shape index (κ2) is 5.09. The molecule has 0 atom stereocenters. The smallest absolute Gasteiger partial charge is 0.120 e. The zero-order valence-electron chi connectivity index (χ0n) is 10.3. The largest absolute Gasteiger partial charge is 0.489 e. The molecule has 0 N–H and O–H groups in total. The number of hydrogen-bond acceptors (Lipinski definition) is 1. The van der Waals surface area contributed by atoms with Crippen LogP contribution < -0.4 is 4.74 Å². The molecule has 1 aliphatic carbocycles. The van der Waals surface area contributed by atoms with Gasteiger partial charge in [0.2, 0.25) is 0 Å². The van der Waals surface area contributed by atoms with Crippen molar-refractivity contribution < 1.29 is 4.74 Å². The number of benzene rings is 2. The fraction of sp³-hybridized carbons (Fsp3) is 0.176. The second-order valence-corrected chi connectivity index (χ2v) is 4.58. The molecular weight excluding hydrogens is 220 g/mol. The first-order valence-corrected chi connectivity index (χ1v) is 6.38. The summed E-state index contributed by atoms with van der Waals surface area (Å²) in [7, 11) is 0. The molecule has 0 fully saturated rings. The predicted octanol–water partition coefficient (Wildman–Crippen LogP) is 4.23. The fourth-order valence-electron chi connectivity index (χ4n) is 2.24. The molecule has 0 aromatic heterocycles. The lowest BCUT2D eigenvalue weighted by molar-refractivity contribution is 0.306. The summed E-state index contributed by atoms with van der Waals surface area (Å²) in [4.78, 5) is 0. The van der Waals surface area contributed by atoms with E-state index in [1.54, 1.807) is 0 Å². The first-order chi connectivity index (χ1) is 8.92. The molecule has 2 aromatic rings. The molecule has 1 nitrogen and oxygen atoms in total. The monoisotopic (exact) mass is 236 g/mol. The third kappa shape index (κ3) is 2.45. The minimum Gasteiger partial charge on any atom is -0.489 e. The van der Waals surface area contributed by atoms with Crippen LogP contribution in [0.3, 0.4) is 0 Å². The minimum atomic E-state index is 0.628. The molecule has 3 rings (SSSR count). The molecular formula is C17H16O. The van der Waals surface area contributed by atoms with Crippen LogP contribution in [-0.2, 0) is 13.0 Å². The lowest BCUT2D eigenvalue weighted by atomic mass is 9.97. The van der Waals surface area contributed by atoms with Gasteiger partial charge in [-0.05, 0) is 41.7 Å². The molecule has 0 bridgehead atoms. The number of hydrogen-bond donors (Lipinski definition) is 0. The van der Waals surface area contributed by atoms with Crippen molar-refractivity contribution in [3.63, 3.8) is 0 Å². The average Bonchev–Trinajstić information content (AvgIpc) is 2.46. The molecule has 0 radical (unpaired) electrons. The van der Waals surface area contributed by atoms with Crippen molar-refractivity contribution in [3.8, 4) is 5.75 Å². The molecule has 2 aromatic carbocycles. The lowest BCUT2D eigenvalue weighted by Crippen LogP contribution is -1.98. The van der Waals surface area contributed by atoms with Crippen LogP contribution in [0.2, 0.25) is 0 Å². The Bertz CT molecular complexity index is 555. The van der Waals surface area contributed by atoms with E-state index in [4.69, 9.17) is 4.74 Å². The summed E-state index contributed by atoms with van der Waals surface area (Å²) in [5.41, 5.74) is 3.92. The number of aryl methyl sites for hydroxylation is 1. The van der Waals surface area contributed by atoms with Crippen molar-refractivity contribution in [2.75, 3.05) is 0 Å². The maximum Gasteiger partial charge on any atom is 0.120 e. The van der Waals surface area contributed by atoms with Gasteiger partial charge in [0.25, 0.3) is 0 Å². The van der Waals surface area contributed by atoms with Gasteiger partial charge in [0.1, 0.15) is 12.4 Å². The zero-order chi connectivity index (χ0) is 12.2. The molecule has 0 spiro atoms. The van der Waals surface area contributed by atoms with Gasteiger partial charge in [0.15, 0.2) is 0 Å². The van der Waals surface area contributed by atoms with Crippen LogP contribution in [-0.4, -0.2) is 0 Å². The van der Waals surface area contributed by atoms with Gasteiger partial charge in [-0.15, -0.1) is 0 Å². The number of ether oxygens (including phenoxy) is 1. The van der Waals surface area contributed by atoms with E-state index in [1.165, 1.54) is 16.7 Å². The number of fused-ring (bicyclic) bond motifs is 1. The first kappa shape index (κ1) is 11.1. The highest BCUT2D eigenvalue weighted by atomic mass is 16.5. The van der Waals surface area contributed by atoms with Crippen molar-refractivity contribution in [1.29, 1.82) is 0 Å². The van der Waals surface area contributed by atoms with Crippen LogP contribution in [0.25, 0.3) is 6.08 Å². The lowest BCUT2D eigenvalue weighted by Gasteiger charge is -2.12. The normalized spacial score (nSPS) is 13.1. The van der Waals surface area contributed by atoms with Gasteiger partial charge < -0.3 is 4.74 Å². The Morgan fingerprint density at radius 3 is 2.78 bits per heavy atom.